The van der Waals surface area contributed by atoms with Crippen molar-refractivity contribution in [3.63, 3.8) is 0 Å². The van der Waals surface area contributed by atoms with Crippen LogP contribution in [0.1, 0.15) is 5.56 Å². The molecule has 0 saturated carbocycles. The maximum absolute atomic E-state index is 9.02. The molecule has 0 radical (unpaired) electrons. The van der Waals surface area contributed by atoms with Gasteiger partial charge in [-0.3, -0.25) is 0 Å². The molecule has 1 aliphatic rings. The van der Waals surface area contributed by atoms with Gasteiger partial charge in [0.25, 0.3) is 0 Å². The number of ether oxygens (including phenoxy) is 1. The van der Waals surface area contributed by atoms with Crippen LogP contribution in [-0.4, -0.2) is 53.0 Å². The van der Waals surface area contributed by atoms with Crippen LogP contribution in [0.25, 0.3) is 22.3 Å². The molecule has 6 heteroatoms. The summed E-state index contributed by atoms with van der Waals surface area (Å²) in [6.45, 7) is 3.33. The van der Waals surface area contributed by atoms with Crippen molar-refractivity contribution in [2.75, 3.05) is 37.8 Å². The lowest BCUT2D eigenvalue weighted by Crippen LogP contribution is -2.36. The standard InChI is InChI=1S/C18H20N4O2/c23-8-5-13-1-3-14(4-2-13)16-11-15-17(21-16)19-12-20-18(15)22-6-9-24-10-7-22/h1-4,11-12,23H,5-10H2,(H,19,20,21). The van der Waals surface area contributed by atoms with Crippen LogP contribution < -0.4 is 4.90 Å². The Balaban J connectivity index is 1.70. The second-order valence-corrected chi connectivity index (χ2v) is 5.91. The summed E-state index contributed by atoms with van der Waals surface area (Å²) in [5.74, 6) is 0.961. The predicted molar refractivity (Wildman–Crippen MR) is 93.1 cm³/mol. The summed E-state index contributed by atoms with van der Waals surface area (Å²) < 4.78 is 5.43. The van der Waals surface area contributed by atoms with Crippen LogP contribution in [0.2, 0.25) is 0 Å². The van der Waals surface area contributed by atoms with Gasteiger partial charge in [0.2, 0.25) is 0 Å². The Hall–Kier alpha value is -2.44. The molecular weight excluding hydrogens is 304 g/mol. The number of hydrogen-bond acceptors (Lipinski definition) is 5. The lowest BCUT2D eigenvalue weighted by molar-refractivity contribution is 0.122. The Morgan fingerprint density at radius 1 is 1.12 bits per heavy atom. The third-order valence-electron chi connectivity index (χ3n) is 4.38. The zero-order valence-corrected chi connectivity index (χ0v) is 13.4. The van der Waals surface area contributed by atoms with Crippen molar-refractivity contribution in [1.29, 1.82) is 0 Å². The number of nitrogens with zero attached hydrogens (tertiary/aromatic N) is 3. The quantitative estimate of drug-likeness (QED) is 0.768. The average Bonchev–Trinajstić information content (AvgIpc) is 3.07. The normalized spacial score (nSPS) is 15.1. The molecule has 1 aromatic carbocycles. The van der Waals surface area contributed by atoms with Crippen LogP contribution in [0.5, 0.6) is 0 Å². The van der Waals surface area contributed by atoms with E-state index in [1.807, 2.05) is 12.1 Å². The van der Waals surface area contributed by atoms with Gasteiger partial charge in [-0.1, -0.05) is 24.3 Å². The highest BCUT2D eigenvalue weighted by molar-refractivity contribution is 5.91. The second kappa shape index (κ2) is 6.59. The van der Waals surface area contributed by atoms with Crippen molar-refractivity contribution in [1.82, 2.24) is 15.0 Å². The Labute approximate surface area is 140 Å². The monoisotopic (exact) mass is 324 g/mol. The summed E-state index contributed by atoms with van der Waals surface area (Å²) in [7, 11) is 0. The number of aliphatic hydroxyl groups excluding tert-OH is 1. The van der Waals surface area contributed by atoms with Crippen molar-refractivity contribution in [3.05, 3.63) is 42.2 Å². The number of fused-ring (bicyclic) bond motifs is 1. The second-order valence-electron chi connectivity index (χ2n) is 5.91. The summed E-state index contributed by atoms with van der Waals surface area (Å²) in [4.78, 5) is 14.5. The van der Waals surface area contributed by atoms with Crippen molar-refractivity contribution in [2.24, 2.45) is 0 Å². The van der Waals surface area contributed by atoms with Gasteiger partial charge in [-0.25, -0.2) is 9.97 Å². The van der Waals surface area contributed by atoms with Gasteiger partial charge in [0.05, 0.1) is 18.6 Å². The van der Waals surface area contributed by atoms with Crippen LogP contribution in [0.3, 0.4) is 0 Å². The van der Waals surface area contributed by atoms with E-state index in [4.69, 9.17) is 9.84 Å². The smallest absolute Gasteiger partial charge is 0.143 e. The molecule has 2 N–H and O–H groups in total. The van der Waals surface area contributed by atoms with E-state index in [9.17, 15) is 0 Å². The number of benzene rings is 1. The molecule has 0 amide bonds. The first-order valence-corrected chi connectivity index (χ1v) is 8.22. The minimum atomic E-state index is 0.171. The fourth-order valence-corrected chi connectivity index (χ4v) is 3.09. The van der Waals surface area contributed by atoms with E-state index in [2.05, 4.69) is 38.1 Å². The van der Waals surface area contributed by atoms with E-state index in [1.165, 1.54) is 0 Å². The van der Waals surface area contributed by atoms with E-state index in [0.29, 0.717) is 6.42 Å². The topological polar surface area (TPSA) is 74.3 Å². The summed E-state index contributed by atoms with van der Waals surface area (Å²) >= 11 is 0. The Morgan fingerprint density at radius 3 is 2.67 bits per heavy atom. The predicted octanol–water partition coefficient (Wildman–Crippen LogP) is 2.00. The molecule has 0 spiro atoms. The molecule has 4 rings (SSSR count). The van der Waals surface area contributed by atoms with Crippen LogP contribution in [0.15, 0.2) is 36.7 Å². The van der Waals surface area contributed by atoms with Gasteiger partial charge in [-0.2, -0.15) is 0 Å². The summed E-state index contributed by atoms with van der Waals surface area (Å²) in [5.41, 5.74) is 4.10. The fraction of sp³-hybridized carbons (Fsp3) is 0.333. The van der Waals surface area contributed by atoms with E-state index in [-0.39, 0.29) is 6.61 Å². The zero-order chi connectivity index (χ0) is 16.4. The molecule has 6 nitrogen and oxygen atoms in total. The summed E-state index contributed by atoms with van der Waals surface area (Å²) in [5, 5.41) is 10.1. The van der Waals surface area contributed by atoms with E-state index < -0.39 is 0 Å². The van der Waals surface area contributed by atoms with Gasteiger partial charge in [0.1, 0.15) is 17.8 Å². The zero-order valence-electron chi connectivity index (χ0n) is 13.4. The molecular formula is C18H20N4O2. The van der Waals surface area contributed by atoms with Crippen LogP contribution >= 0.6 is 0 Å². The summed E-state index contributed by atoms with van der Waals surface area (Å²) in [6, 6.07) is 10.3. The number of aromatic nitrogens is 3. The Bertz CT molecular complexity index is 823. The lowest BCUT2D eigenvalue weighted by atomic mass is 10.1. The molecule has 0 atom stereocenters. The minimum absolute atomic E-state index is 0.171. The van der Waals surface area contributed by atoms with Crippen LogP contribution in [0.4, 0.5) is 5.82 Å². The maximum atomic E-state index is 9.02. The molecule has 24 heavy (non-hydrogen) atoms. The fourth-order valence-electron chi connectivity index (χ4n) is 3.09. The van der Waals surface area contributed by atoms with E-state index >= 15 is 0 Å². The maximum Gasteiger partial charge on any atom is 0.143 e. The number of aliphatic hydroxyl groups is 1. The lowest BCUT2D eigenvalue weighted by Gasteiger charge is -2.27. The minimum Gasteiger partial charge on any atom is -0.396 e. The Kier molecular flexibility index (Phi) is 4.15. The molecule has 124 valence electrons. The molecule has 1 saturated heterocycles. The van der Waals surface area contributed by atoms with Crippen molar-refractivity contribution in [2.45, 2.75) is 6.42 Å². The van der Waals surface area contributed by atoms with Gasteiger partial charge in [0, 0.05) is 25.4 Å². The highest BCUT2D eigenvalue weighted by atomic mass is 16.5. The number of hydrogen-bond donors (Lipinski definition) is 2. The largest absolute Gasteiger partial charge is 0.396 e. The molecule has 3 heterocycles. The van der Waals surface area contributed by atoms with Gasteiger partial charge in [-0.15, -0.1) is 0 Å². The first-order chi connectivity index (χ1) is 11.8. The number of anilines is 1. The molecule has 0 aliphatic carbocycles. The third-order valence-corrected chi connectivity index (χ3v) is 4.38. The van der Waals surface area contributed by atoms with Gasteiger partial charge in [0.15, 0.2) is 0 Å². The number of morpholine rings is 1. The van der Waals surface area contributed by atoms with Crippen molar-refractivity contribution in [3.8, 4) is 11.3 Å². The number of nitrogens with one attached hydrogen (secondary N) is 1. The Morgan fingerprint density at radius 2 is 1.92 bits per heavy atom. The number of aromatic amines is 1. The van der Waals surface area contributed by atoms with Crippen molar-refractivity contribution < 1.29 is 9.84 Å². The molecule has 0 bridgehead atoms. The SMILES string of the molecule is OCCc1ccc(-c2cc3c(N4CCOCC4)ncnc3[nH]2)cc1. The molecule has 2 aromatic heterocycles. The molecule has 0 unspecified atom stereocenters. The van der Waals surface area contributed by atoms with E-state index in [1.54, 1.807) is 6.33 Å². The first kappa shape index (κ1) is 15.1. The third kappa shape index (κ3) is 2.86. The van der Waals surface area contributed by atoms with E-state index in [0.717, 1.165) is 60.0 Å². The summed E-state index contributed by atoms with van der Waals surface area (Å²) in [6.07, 6.45) is 2.29. The van der Waals surface area contributed by atoms with Gasteiger partial charge < -0.3 is 19.7 Å². The molecule has 1 aliphatic heterocycles. The highest BCUT2D eigenvalue weighted by Crippen LogP contribution is 2.29. The number of H-pyrrole nitrogens is 1. The highest BCUT2D eigenvalue weighted by Gasteiger charge is 2.17. The molecule has 1 fully saturated rings. The number of rotatable bonds is 4. The van der Waals surface area contributed by atoms with Gasteiger partial charge >= 0.3 is 0 Å². The van der Waals surface area contributed by atoms with Crippen LogP contribution in [-0.2, 0) is 11.2 Å². The van der Waals surface area contributed by atoms with Crippen LogP contribution in [0, 0.1) is 0 Å². The van der Waals surface area contributed by atoms with Crippen molar-refractivity contribution >= 4 is 16.9 Å². The van der Waals surface area contributed by atoms with Gasteiger partial charge in [-0.05, 0) is 23.6 Å². The average molecular weight is 324 g/mol. The first-order valence-electron chi connectivity index (χ1n) is 8.22. The molecule has 3 aromatic rings.